The Hall–Kier alpha value is -3.33. The molecule has 2 heterocycles. The molecule has 0 bridgehead atoms. The molecule has 9 heteroatoms. The zero-order chi connectivity index (χ0) is 21.5. The summed E-state index contributed by atoms with van der Waals surface area (Å²) in [4.78, 5) is 33.1. The number of ether oxygens (including phenoxy) is 1. The number of fused-ring (bicyclic) bond motifs is 1. The number of urea groups is 1. The largest absolute Gasteiger partial charge is 0.461 e. The topological polar surface area (TPSA) is 134 Å². The minimum absolute atomic E-state index is 0.194. The number of rotatable bonds is 7. The highest BCUT2D eigenvalue weighted by Gasteiger charge is 2.20. The minimum atomic E-state index is -0.697. The van der Waals surface area contributed by atoms with Gasteiger partial charge in [-0.05, 0) is 38.0 Å². The lowest BCUT2D eigenvalue weighted by molar-refractivity contribution is -0.555. The first kappa shape index (κ1) is 21.4. The van der Waals surface area contributed by atoms with Gasteiger partial charge >= 0.3 is 12.0 Å². The molecule has 0 saturated heterocycles. The molecule has 1 saturated carbocycles. The number of hydrogen-bond acceptors (Lipinski definition) is 6. The molecule has 3 rings (SSSR count). The molecular formula is C21H27N6O3+. The molecule has 0 aromatic carbocycles. The normalized spacial score (nSPS) is 14.5. The van der Waals surface area contributed by atoms with Gasteiger partial charge in [0.05, 0.1) is 30.3 Å². The molecule has 30 heavy (non-hydrogen) atoms. The van der Waals surface area contributed by atoms with E-state index in [-0.39, 0.29) is 24.4 Å². The van der Waals surface area contributed by atoms with E-state index < -0.39 is 5.97 Å². The first-order valence-electron chi connectivity index (χ1n) is 10.1. The van der Waals surface area contributed by atoms with Gasteiger partial charge in [0, 0.05) is 17.8 Å². The molecule has 2 aromatic heterocycles. The minimum Gasteiger partial charge on any atom is -0.461 e. The molecule has 2 aromatic rings. The fourth-order valence-corrected chi connectivity index (χ4v) is 3.44. The zero-order valence-electron chi connectivity index (χ0n) is 17.2. The van der Waals surface area contributed by atoms with Crippen LogP contribution in [0.4, 0.5) is 10.6 Å². The van der Waals surface area contributed by atoms with Crippen molar-refractivity contribution in [3.05, 3.63) is 36.2 Å². The van der Waals surface area contributed by atoms with Crippen LogP contribution in [0.2, 0.25) is 0 Å². The predicted octanol–water partition coefficient (Wildman–Crippen LogP) is 1.81. The lowest BCUT2D eigenvalue weighted by atomic mass is 10.0. The Labute approximate surface area is 174 Å². The Morgan fingerprint density at radius 3 is 2.77 bits per heavy atom. The van der Waals surface area contributed by atoms with Gasteiger partial charge in [-0.3, -0.25) is 15.7 Å². The van der Waals surface area contributed by atoms with Crippen molar-refractivity contribution in [2.45, 2.75) is 38.6 Å². The molecule has 0 unspecified atom stereocenters. The lowest BCUT2D eigenvalue weighted by Gasteiger charge is -2.13. The number of quaternary nitrogens is 1. The molecule has 2 amide bonds. The van der Waals surface area contributed by atoms with E-state index in [0.717, 1.165) is 25.7 Å². The third kappa shape index (κ3) is 5.18. The average Bonchev–Trinajstić information content (AvgIpc) is 3.24. The molecule has 0 aliphatic heterocycles. The van der Waals surface area contributed by atoms with Crippen LogP contribution < -0.4 is 16.0 Å². The number of pyridine rings is 2. The number of nitrogens with one attached hydrogen (secondary N) is 3. The first-order chi connectivity index (χ1) is 14.5. The van der Waals surface area contributed by atoms with E-state index in [1.807, 2.05) is 0 Å². The molecule has 0 radical (unpaired) electrons. The highest BCUT2D eigenvalue weighted by atomic mass is 16.5. The summed E-state index contributed by atoms with van der Waals surface area (Å²) >= 11 is 0. The third-order valence-electron chi connectivity index (χ3n) is 4.86. The van der Waals surface area contributed by atoms with E-state index >= 15 is 0 Å². The molecular weight excluding hydrogens is 384 g/mol. The van der Waals surface area contributed by atoms with Gasteiger partial charge in [0.2, 0.25) is 0 Å². The first-order valence-corrected chi connectivity index (χ1v) is 10.1. The Bertz CT molecular complexity index is 982. The number of carbonyl (C=O) groups is 2. The van der Waals surface area contributed by atoms with E-state index in [0.29, 0.717) is 28.0 Å². The molecule has 9 nitrogen and oxygen atoms in total. The van der Waals surface area contributed by atoms with Crippen molar-refractivity contribution < 1.29 is 19.6 Å². The SMILES string of the molecule is CCOC(=O)C(=N)/C(=C\[NH2+]C)c1cnc2ccc(NC(=O)NC3CCCC3)nc2c1. The van der Waals surface area contributed by atoms with Crippen molar-refractivity contribution in [3.63, 3.8) is 0 Å². The highest BCUT2D eigenvalue weighted by molar-refractivity contribution is 6.53. The number of carbonyl (C=O) groups excluding carboxylic acids is 2. The standard InChI is InChI=1S/C21H26N6O3/c1-3-30-20(28)19(22)15(12-23-2)13-10-17-16(24-11-13)8-9-18(26-17)27-21(29)25-14-6-4-5-7-14/h8-12,14,22-23H,3-7H2,1-2H3,(H2,25,26,27,29)/p+1/b15-12-,22-19?. The molecule has 1 aliphatic rings. The molecule has 158 valence electrons. The molecule has 1 aliphatic carbocycles. The van der Waals surface area contributed by atoms with Crippen molar-refractivity contribution >= 4 is 40.1 Å². The summed E-state index contributed by atoms with van der Waals surface area (Å²) < 4.78 is 4.95. The van der Waals surface area contributed by atoms with Gasteiger partial charge in [-0.1, -0.05) is 12.8 Å². The van der Waals surface area contributed by atoms with Gasteiger partial charge in [-0.2, -0.15) is 0 Å². The maximum atomic E-state index is 12.2. The van der Waals surface area contributed by atoms with Crippen molar-refractivity contribution in [2.75, 3.05) is 19.0 Å². The fraction of sp³-hybridized carbons (Fsp3) is 0.381. The van der Waals surface area contributed by atoms with E-state index in [1.54, 1.807) is 49.9 Å². The smallest absolute Gasteiger partial charge is 0.357 e. The van der Waals surface area contributed by atoms with E-state index in [9.17, 15) is 9.59 Å². The summed E-state index contributed by atoms with van der Waals surface area (Å²) in [7, 11) is 1.80. The summed E-state index contributed by atoms with van der Waals surface area (Å²) in [6, 6.07) is 5.14. The van der Waals surface area contributed by atoms with Crippen LogP contribution >= 0.6 is 0 Å². The zero-order valence-corrected chi connectivity index (χ0v) is 17.2. The maximum Gasteiger partial charge on any atom is 0.357 e. The summed E-state index contributed by atoms with van der Waals surface area (Å²) in [5.74, 6) is -0.289. The fourth-order valence-electron chi connectivity index (χ4n) is 3.44. The van der Waals surface area contributed by atoms with E-state index in [2.05, 4.69) is 20.6 Å². The number of nitrogens with two attached hydrogens (primary N) is 1. The number of hydrogen-bond donors (Lipinski definition) is 4. The Morgan fingerprint density at radius 2 is 2.07 bits per heavy atom. The van der Waals surface area contributed by atoms with Gasteiger partial charge < -0.3 is 15.4 Å². The summed E-state index contributed by atoms with van der Waals surface area (Å²) in [5.41, 5.74) is 1.90. The number of esters is 1. The van der Waals surface area contributed by atoms with Crippen LogP contribution in [0.3, 0.4) is 0 Å². The number of aromatic nitrogens is 2. The van der Waals surface area contributed by atoms with Crippen LogP contribution in [-0.2, 0) is 9.53 Å². The number of nitrogens with zero attached hydrogens (tertiary/aromatic N) is 2. The van der Waals surface area contributed by atoms with Crippen LogP contribution in [0.25, 0.3) is 16.6 Å². The average molecular weight is 411 g/mol. The monoisotopic (exact) mass is 411 g/mol. The second kappa shape index (κ2) is 9.93. The van der Waals surface area contributed by atoms with Gasteiger partial charge in [-0.25, -0.2) is 14.6 Å². The number of amides is 2. The van der Waals surface area contributed by atoms with Gasteiger partial charge in [0.25, 0.3) is 0 Å². The van der Waals surface area contributed by atoms with Crippen molar-refractivity contribution in [1.82, 2.24) is 15.3 Å². The van der Waals surface area contributed by atoms with Crippen LogP contribution in [0.1, 0.15) is 38.2 Å². The summed E-state index contributed by atoms with van der Waals surface area (Å²) in [6.45, 7) is 1.89. The highest BCUT2D eigenvalue weighted by Crippen LogP contribution is 2.21. The molecule has 0 atom stereocenters. The van der Waals surface area contributed by atoms with Crippen LogP contribution in [0.15, 0.2) is 30.6 Å². The lowest BCUT2D eigenvalue weighted by Crippen LogP contribution is -2.73. The van der Waals surface area contributed by atoms with Gasteiger partial charge in [-0.15, -0.1) is 0 Å². The van der Waals surface area contributed by atoms with Crippen LogP contribution in [0.5, 0.6) is 0 Å². The van der Waals surface area contributed by atoms with Gasteiger partial charge in [0.15, 0.2) is 5.71 Å². The van der Waals surface area contributed by atoms with Crippen molar-refractivity contribution in [3.8, 4) is 0 Å². The van der Waals surface area contributed by atoms with Crippen LogP contribution in [-0.4, -0.2) is 47.4 Å². The molecule has 0 spiro atoms. The van der Waals surface area contributed by atoms with Crippen molar-refractivity contribution in [1.29, 1.82) is 5.41 Å². The third-order valence-corrected chi connectivity index (χ3v) is 4.86. The van der Waals surface area contributed by atoms with Crippen LogP contribution in [0, 0.1) is 5.41 Å². The van der Waals surface area contributed by atoms with E-state index in [4.69, 9.17) is 10.1 Å². The van der Waals surface area contributed by atoms with Gasteiger partial charge in [0.1, 0.15) is 12.0 Å². The van der Waals surface area contributed by atoms with Crippen molar-refractivity contribution in [2.24, 2.45) is 0 Å². The second-order valence-corrected chi connectivity index (χ2v) is 7.05. The molecule has 5 N–H and O–H groups in total. The molecule has 1 fully saturated rings. The Morgan fingerprint density at radius 1 is 1.30 bits per heavy atom. The maximum absolute atomic E-state index is 12.2. The summed E-state index contributed by atoms with van der Waals surface area (Å²) in [5, 5.41) is 15.6. The summed E-state index contributed by atoms with van der Waals surface area (Å²) in [6.07, 6.45) is 7.54. The number of anilines is 1. The van der Waals surface area contributed by atoms with E-state index in [1.165, 1.54) is 0 Å². The quantitative estimate of drug-likeness (QED) is 0.407. The Balaban J connectivity index is 1.82. The predicted molar refractivity (Wildman–Crippen MR) is 114 cm³/mol. The second-order valence-electron chi connectivity index (χ2n) is 7.05. The Kier molecular flexibility index (Phi) is 7.08.